The minimum atomic E-state index is -1.26. The fraction of sp³-hybridized carbons (Fsp3) is 0.200. The quantitative estimate of drug-likeness (QED) is 0.593. The molecule has 2 heterocycles. The number of ether oxygens (including phenoxy) is 1. The van der Waals surface area contributed by atoms with E-state index in [9.17, 15) is 13.6 Å². The molecule has 1 aromatic heterocycles. The summed E-state index contributed by atoms with van der Waals surface area (Å²) in [4.78, 5) is 18.2. The Hall–Kier alpha value is -3.07. The van der Waals surface area contributed by atoms with Crippen LogP contribution in [0, 0.1) is 11.6 Å². The highest BCUT2D eigenvalue weighted by Gasteiger charge is 2.36. The fourth-order valence-electron chi connectivity index (χ4n) is 3.16. The van der Waals surface area contributed by atoms with Crippen LogP contribution < -0.4 is 9.64 Å². The Morgan fingerprint density at radius 1 is 1.17 bits per heavy atom. The lowest BCUT2D eigenvalue weighted by Gasteiger charge is -2.30. The molecule has 0 radical (unpaired) electrons. The van der Waals surface area contributed by atoms with Crippen molar-refractivity contribution in [2.45, 2.75) is 25.2 Å². The number of benzene rings is 2. The zero-order valence-electron chi connectivity index (χ0n) is 15.6. The molecule has 1 atom stereocenters. The highest BCUT2D eigenvalue weighted by molar-refractivity contribution is 7.99. The highest BCUT2D eigenvalue weighted by atomic mass is 32.2. The van der Waals surface area contributed by atoms with Gasteiger partial charge in [-0.2, -0.15) is 4.98 Å². The van der Waals surface area contributed by atoms with Crippen LogP contribution in [0.3, 0.4) is 0 Å². The number of para-hydroxylation sites is 1. The summed E-state index contributed by atoms with van der Waals surface area (Å²) < 4.78 is 34.6. The first-order valence-corrected chi connectivity index (χ1v) is 9.87. The zero-order valence-corrected chi connectivity index (χ0v) is 16.4. The minimum absolute atomic E-state index is 0.0980. The number of hydrogen-bond donors (Lipinski definition) is 0. The molecule has 29 heavy (non-hydrogen) atoms. The molecule has 0 spiro atoms. The molecule has 0 saturated heterocycles. The number of aromatic nitrogens is 3. The van der Waals surface area contributed by atoms with Crippen LogP contribution in [-0.2, 0) is 4.79 Å². The van der Waals surface area contributed by atoms with Gasteiger partial charge >= 0.3 is 0 Å². The van der Waals surface area contributed by atoms with Crippen LogP contribution in [0.2, 0.25) is 0 Å². The predicted octanol–water partition coefficient (Wildman–Crippen LogP) is 4.37. The number of fused-ring (bicyclic) bond motifs is 3. The summed E-state index contributed by atoms with van der Waals surface area (Å²) >= 11 is 1.37. The summed E-state index contributed by atoms with van der Waals surface area (Å²) in [7, 11) is 0. The number of carbonyl (C=O) groups excluding carboxylic acids is 1. The van der Waals surface area contributed by atoms with Crippen molar-refractivity contribution in [3.8, 4) is 17.1 Å². The van der Waals surface area contributed by atoms with Gasteiger partial charge in [-0.05, 0) is 17.9 Å². The Labute approximate surface area is 169 Å². The summed E-state index contributed by atoms with van der Waals surface area (Å²) in [5, 5.41) is 8.73. The normalized spacial score (nSPS) is 15.2. The van der Waals surface area contributed by atoms with Crippen LogP contribution in [0.25, 0.3) is 11.3 Å². The third-order valence-corrected chi connectivity index (χ3v) is 5.09. The van der Waals surface area contributed by atoms with Gasteiger partial charge in [0.2, 0.25) is 23.2 Å². The fourth-order valence-corrected chi connectivity index (χ4v) is 3.66. The van der Waals surface area contributed by atoms with Crippen molar-refractivity contribution in [2.75, 3.05) is 10.7 Å². The van der Waals surface area contributed by atoms with E-state index in [1.54, 1.807) is 24.3 Å². The molecule has 6 nitrogen and oxygen atoms in total. The topological polar surface area (TPSA) is 68.2 Å². The molecule has 0 N–H and O–H groups in total. The van der Waals surface area contributed by atoms with E-state index in [-0.39, 0.29) is 11.4 Å². The summed E-state index contributed by atoms with van der Waals surface area (Å²) in [5.74, 6) is -1.71. The second-order valence-corrected chi connectivity index (χ2v) is 7.43. The van der Waals surface area contributed by atoms with Gasteiger partial charge in [-0.25, -0.2) is 8.78 Å². The SMILES string of the molecule is CCSc1nnc2c(n1)O[C@H](c1cccc(F)c1F)N(C(C)=O)c1ccccc1-2. The van der Waals surface area contributed by atoms with E-state index in [2.05, 4.69) is 15.2 Å². The van der Waals surface area contributed by atoms with Crippen LogP contribution in [0.1, 0.15) is 25.6 Å². The van der Waals surface area contributed by atoms with E-state index in [1.807, 2.05) is 6.92 Å². The number of halogens is 2. The standard InChI is InChI=1S/C20H16F2N4O2S/c1-3-29-20-23-18-17(24-25-20)12-7-4-5-10-15(12)26(11(2)27)19(28-18)13-8-6-9-14(21)16(13)22/h4-10,19H,3H2,1-2H3/t19-/m1/s1. The molecule has 0 fully saturated rings. The van der Waals surface area contributed by atoms with Gasteiger partial charge < -0.3 is 4.74 Å². The first-order chi connectivity index (χ1) is 14.0. The van der Waals surface area contributed by atoms with Crippen molar-refractivity contribution in [3.05, 3.63) is 59.7 Å². The molecule has 0 unspecified atom stereocenters. The van der Waals surface area contributed by atoms with Gasteiger partial charge in [0, 0.05) is 12.5 Å². The third-order valence-electron chi connectivity index (χ3n) is 4.37. The first kappa shape index (κ1) is 19.3. The van der Waals surface area contributed by atoms with E-state index >= 15 is 0 Å². The molecule has 2 aromatic carbocycles. The van der Waals surface area contributed by atoms with Gasteiger partial charge in [0.05, 0.1) is 11.3 Å². The summed E-state index contributed by atoms with van der Waals surface area (Å²) in [6.45, 7) is 3.27. The largest absolute Gasteiger partial charge is 0.447 e. The van der Waals surface area contributed by atoms with E-state index in [4.69, 9.17) is 4.74 Å². The molecule has 3 aromatic rings. The summed E-state index contributed by atoms with van der Waals surface area (Å²) in [6.07, 6.45) is -1.26. The average Bonchev–Trinajstić information content (AvgIpc) is 2.84. The average molecular weight is 414 g/mol. The Morgan fingerprint density at radius 3 is 2.72 bits per heavy atom. The van der Waals surface area contributed by atoms with Crippen molar-refractivity contribution < 1.29 is 18.3 Å². The molecular weight excluding hydrogens is 398 g/mol. The molecule has 0 saturated carbocycles. The van der Waals surface area contributed by atoms with Crippen LogP contribution in [0.5, 0.6) is 5.88 Å². The Balaban J connectivity index is 1.98. The summed E-state index contributed by atoms with van der Waals surface area (Å²) in [5.41, 5.74) is 1.21. The smallest absolute Gasteiger partial charge is 0.247 e. The maximum absolute atomic E-state index is 14.7. The lowest BCUT2D eigenvalue weighted by Crippen LogP contribution is -2.36. The molecule has 1 amide bonds. The van der Waals surface area contributed by atoms with E-state index in [0.29, 0.717) is 22.1 Å². The van der Waals surface area contributed by atoms with Crippen molar-refractivity contribution in [1.29, 1.82) is 0 Å². The molecule has 1 aliphatic rings. The van der Waals surface area contributed by atoms with Gasteiger partial charge in [-0.3, -0.25) is 9.69 Å². The highest BCUT2D eigenvalue weighted by Crippen LogP contribution is 2.43. The van der Waals surface area contributed by atoms with E-state index < -0.39 is 23.8 Å². The monoisotopic (exact) mass is 414 g/mol. The molecule has 4 rings (SSSR count). The lowest BCUT2D eigenvalue weighted by molar-refractivity contribution is -0.118. The first-order valence-electron chi connectivity index (χ1n) is 8.88. The van der Waals surface area contributed by atoms with Crippen LogP contribution >= 0.6 is 11.8 Å². The Morgan fingerprint density at radius 2 is 1.97 bits per heavy atom. The van der Waals surface area contributed by atoms with E-state index in [1.165, 1.54) is 35.7 Å². The Kier molecular flexibility index (Phi) is 5.14. The molecule has 1 aliphatic heterocycles. The summed E-state index contributed by atoms with van der Waals surface area (Å²) in [6, 6.07) is 10.7. The maximum Gasteiger partial charge on any atom is 0.247 e. The van der Waals surface area contributed by atoms with Crippen LogP contribution in [0.15, 0.2) is 47.6 Å². The molecule has 148 valence electrons. The number of nitrogens with zero attached hydrogens (tertiary/aromatic N) is 4. The van der Waals surface area contributed by atoms with Crippen molar-refractivity contribution in [3.63, 3.8) is 0 Å². The third kappa shape index (κ3) is 3.42. The lowest BCUT2D eigenvalue weighted by atomic mass is 10.1. The zero-order chi connectivity index (χ0) is 20.5. The minimum Gasteiger partial charge on any atom is -0.447 e. The number of hydrogen-bond acceptors (Lipinski definition) is 6. The van der Waals surface area contributed by atoms with Gasteiger partial charge in [0.15, 0.2) is 17.3 Å². The number of rotatable bonds is 3. The van der Waals surface area contributed by atoms with Crippen molar-refractivity contribution >= 4 is 23.4 Å². The van der Waals surface area contributed by atoms with Crippen molar-refractivity contribution in [1.82, 2.24) is 15.2 Å². The van der Waals surface area contributed by atoms with Gasteiger partial charge in [0.25, 0.3) is 0 Å². The molecular formula is C20H16F2N4O2S. The Bertz CT molecular complexity index is 1100. The van der Waals surface area contributed by atoms with E-state index in [0.717, 1.165) is 11.8 Å². The molecule has 0 aliphatic carbocycles. The van der Waals surface area contributed by atoms with Gasteiger partial charge in [0.1, 0.15) is 0 Å². The molecule has 9 heteroatoms. The number of anilines is 1. The second kappa shape index (κ2) is 7.75. The predicted molar refractivity (Wildman–Crippen MR) is 105 cm³/mol. The van der Waals surface area contributed by atoms with Crippen LogP contribution in [0.4, 0.5) is 14.5 Å². The van der Waals surface area contributed by atoms with Gasteiger partial charge in [-0.15, -0.1) is 10.2 Å². The number of thioether (sulfide) groups is 1. The maximum atomic E-state index is 14.7. The van der Waals surface area contributed by atoms with Crippen LogP contribution in [-0.4, -0.2) is 26.8 Å². The van der Waals surface area contributed by atoms with Crippen molar-refractivity contribution in [2.24, 2.45) is 0 Å². The van der Waals surface area contributed by atoms with Gasteiger partial charge in [-0.1, -0.05) is 49.0 Å². The second-order valence-electron chi connectivity index (χ2n) is 6.20. The number of amides is 1. The molecule has 0 bridgehead atoms. The number of carbonyl (C=O) groups is 1.